The number of nitrogens with zero attached hydrogens (tertiary/aromatic N) is 2. The Balaban J connectivity index is 2.22. The summed E-state index contributed by atoms with van der Waals surface area (Å²) in [5.74, 6) is -3.22. The predicted octanol–water partition coefficient (Wildman–Crippen LogP) is 4.79. The van der Waals surface area contributed by atoms with Crippen LogP contribution >= 0.6 is 11.8 Å². The molecule has 1 N–H and O–H groups in total. The Morgan fingerprint density at radius 3 is 2.64 bits per heavy atom. The summed E-state index contributed by atoms with van der Waals surface area (Å²) in [5.41, 5.74) is 1.29. The zero-order valence-corrected chi connectivity index (χ0v) is 19.9. The first-order valence-corrected chi connectivity index (χ1v) is 12.8. The Kier molecular flexibility index (Phi) is 7.83. The van der Waals surface area contributed by atoms with Gasteiger partial charge in [-0.3, -0.25) is 0 Å². The third kappa shape index (κ3) is 5.23. The fourth-order valence-corrected chi connectivity index (χ4v) is 5.68. The predicted molar refractivity (Wildman–Crippen MR) is 127 cm³/mol. The number of fused-ring (bicyclic) bond motifs is 1. The van der Waals surface area contributed by atoms with Gasteiger partial charge in [0.25, 0.3) is 0 Å². The normalized spacial score (nSPS) is 18.3. The third-order valence-corrected chi connectivity index (χ3v) is 8.06. The first-order chi connectivity index (χ1) is 15.7. The minimum atomic E-state index is -3.94. The SMILES string of the molecule is C=CCCC1CN(c2ccccc2)c2cc(SC)c(O/C=C(\F)C(=O)O)cc2S(=O)(=O)N1C. The number of hydrogen-bond donors (Lipinski definition) is 1. The highest BCUT2D eigenvalue weighted by Gasteiger charge is 2.37. The van der Waals surface area contributed by atoms with Crippen LogP contribution in [0.25, 0.3) is 0 Å². The average molecular weight is 493 g/mol. The molecule has 0 bridgehead atoms. The Morgan fingerprint density at radius 1 is 1.33 bits per heavy atom. The van der Waals surface area contributed by atoms with E-state index >= 15 is 0 Å². The quantitative estimate of drug-likeness (QED) is 0.245. The molecule has 0 saturated carbocycles. The highest BCUT2D eigenvalue weighted by molar-refractivity contribution is 7.98. The lowest BCUT2D eigenvalue weighted by atomic mass is 10.1. The monoisotopic (exact) mass is 492 g/mol. The van der Waals surface area contributed by atoms with Crippen LogP contribution in [0, 0.1) is 0 Å². The molecule has 1 aliphatic heterocycles. The van der Waals surface area contributed by atoms with Crippen molar-refractivity contribution in [2.24, 2.45) is 0 Å². The van der Waals surface area contributed by atoms with E-state index in [1.54, 1.807) is 18.4 Å². The number of aliphatic carboxylic acids is 1. The minimum Gasteiger partial charge on any atom is -0.476 e. The van der Waals surface area contributed by atoms with Crippen LogP contribution in [0.2, 0.25) is 0 Å². The van der Waals surface area contributed by atoms with Gasteiger partial charge in [-0.1, -0.05) is 24.3 Å². The molecule has 10 heteroatoms. The highest BCUT2D eigenvalue weighted by atomic mass is 32.2. The minimum absolute atomic E-state index is 0.00751. The Bertz CT molecular complexity index is 1170. The Morgan fingerprint density at radius 2 is 2.03 bits per heavy atom. The van der Waals surface area contributed by atoms with E-state index in [1.807, 2.05) is 35.2 Å². The fourth-order valence-electron chi connectivity index (χ4n) is 3.58. The molecule has 1 heterocycles. The molecule has 0 radical (unpaired) electrons. The van der Waals surface area contributed by atoms with Crippen LogP contribution in [-0.4, -0.2) is 49.7 Å². The van der Waals surface area contributed by atoms with Crippen molar-refractivity contribution in [1.29, 1.82) is 0 Å². The first-order valence-electron chi connectivity index (χ1n) is 10.1. The number of hydrogen-bond acceptors (Lipinski definition) is 6. The maximum Gasteiger partial charge on any atom is 0.368 e. The molecule has 0 aromatic heterocycles. The molecular formula is C23H25FN2O5S2. The number of benzene rings is 2. The van der Waals surface area contributed by atoms with Crippen LogP contribution in [0.1, 0.15) is 12.8 Å². The zero-order chi connectivity index (χ0) is 24.2. The first kappa shape index (κ1) is 24.8. The lowest BCUT2D eigenvalue weighted by molar-refractivity contribution is -0.134. The summed E-state index contributed by atoms with van der Waals surface area (Å²) in [6.45, 7) is 4.17. The lowest BCUT2D eigenvalue weighted by Crippen LogP contribution is -2.40. The molecule has 0 saturated heterocycles. The van der Waals surface area contributed by atoms with Crippen LogP contribution in [0.5, 0.6) is 5.75 Å². The molecule has 2 aromatic rings. The van der Waals surface area contributed by atoms with Gasteiger partial charge >= 0.3 is 5.97 Å². The molecule has 176 valence electrons. The van der Waals surface area contributed by atoms with Crippen molar-refractivity contribution in [3.63, 3.8) is 0 Å². The van der Waals surface area contributed by atoms with Gasteiger partial charge in [-0.15, -0.1) is 18.3 Å². The van der Waals surface area contributed by atoms with Gasteiger partial charge in [-0.25, -0.2) is 13.2 Å². The molecule has 0 amide bonds. The van der Waals surface area contributed by atoms with Crippen molar-refractivity contribution < 1.29 is 27.4 Å². The van der Waals surface area contributed by atoms with Crippen LogP contribution in [0.4, 0.5) is 15.8 Å². The standard InChI is InChI=1S/C23H25FN2O5S2/c1-4-5-9-17-14-26(16-10-7-6-8-11-16)19-12-21(32-3)20(31-15-18(24)23(27)28)13-22(19)33(29,30)25(17)2/h4,6-8,10-13,15,17H,1,5,9,14H2,2-3H3,(H,27,28)/b18-15-. The zero-order valence-electron chi connectivity index (χ0n) is 18.3. The number of ether oxygens (including phenoxy) is 1. The topological polar surface area (TPSA) is 87.1 Å². The molecule has 0 fully saturated rings. The van der Waals surface area contributed by atoms with Crippen molar-refractivity contribution >= 4 is 39.1 Å². The van der Waals surface area contributed by atoms with E-state index in [4.69, 9.17) is 9.84 Å². The molecule has 1 unspecified atom stereocenters. The largest absolute Gasteiger partial charge is 0.476 e. The molecule has 2 aromatic carbocycles. The second kappa shape index (κ2) is 10.4. The number of sulfonamides is 1. The molecule has 1 atom stereocenters. The van der Waals surface area contributed by atoms with Crippen molar-refractivity contribution in [2.45, 2.75) is 28.7 Å². The van der Waals surface area contributed by atoms with Crippen LogP contribution in [0.15, 0.2) is 77.0 Å². The van der Waals surface area contributed by atoms with Crippen LogP contribution in [0.3, 0.4) is 0 Å². The van der Waals surface area contributed by atoms with Gasteiger partial charge in [0.15, 0.2) is 0 Å². The number of rotatable bonds is 8. The summed E-state index contributed by atoms with van der Waals surface area (Å²) >= 11 is 1.28. The van der Waals surface area contributed by atoms with E-state index in [9.17, 15) is 17.6 Å². The molecule has 7 nitrogen and oxygen atoms in total. The summed E-state index contributed by atoms with van der Waals surface area (Å²) < 4.78 is 47.3. The number of halogens is 1. The van der Waals surface area contributed by atoms with Crippen molar-refractivity contribution in [3.05, 3.63) is 67.2 Å². The van der Waals surface area contributed by atoms with E-state index in [0.717, 1.165) is 5.69 Å². The van der Waals surface area contributed by atoms with E-state index in [1.165, 1.54) is 29.2 Å². The summed E-state index contributed by atoms with van der Waals surface area (Å²) in [6.07, 6.45) is 5.21. The van der Waals surface area contributed by atoms with Gasteiger partial charge in [0, 0.05) is 31.4 Å². The number of allylic oxidation sites excluding steroid dienone is 1. The summed E-state index contributed by atoms with van der Waals surface area (Å²) in [4.78, 5) is 13.2. The number of carbonyl (C=O) groups is 1. The number of anilines is 2. The van der Waals surface area contributed by atoms with Crippen LogP contribution in [-0.2, 0) is 14.8 Å². The van der Waals surface area contributed by atoms with Gasteiger partial charge in [0.1, 0.15) is 16.9 Å². The summed E-state index contributed by atoms with van der Waals surface area (Å²) in [7, 11) is -2.41. The fraction of sp³-hybridized carbons (Fsp3) is 0.261. The number of thioether (sulfide) groups is 1. The second-order valence-electron chi connectivity index (χ2n) is 7.35. The van der Waals surface area contributed by atoms with Gasteiger partial charge in [0.2, 0.25) is 15.9 Å². The third-order valence-electron chi connectivity index (χ3n) is 5.37. The summed E-state index contributed by atoms with van der Waals surface area (Å²) in [5, 5.41) is 8.75. The number of carboxylic acid groups (broad SMARTS) is 1. The number of carboxylic acids is 1. The van der Waals surface area contributed by atoms with Crippen LogP contribution < -0.4 is 9.64 Å². The molecule has 33 heavy (non-hydrogen) atoms. The summed E-state index contributed by atoms with van der Waals surface area (Å²) in [6, 6.07) is 12.1. The number of likely N-dealkylation sites (N-methyl/N-ethyl adjacent to an activating group) is 1. The molecule has 0 spiro atoms. The van der Waals surface area contributed by atoms with E-state index in [0.29, 0.717) is 36.2 Å². The molecular weight excluding hydrogens is 467 g/mol. The maximum absolute atomic E-state index is 13.6. The van der Waals surface area contributed by atoms with Gasteiger partial charge in [-0.2, -0.15) is 8.70 Å². The van der Waals surface area contributed by atoms with Crippen molar-refractivity contribution in [1.82, 2.24) is 4.31 Å². The maximum atomic E-state index is 13.6. The van der Waals surface area contributed by atoms with Gasteiger partial charge in [-0.05, 0) is 37.3 Å². The average Bonchev–Trinajstić information content (AvgIpc) is 2.89. The van der Waals surface area contributed by atoms with Crippen molar-refractivity contribution in [2.75, 3.05) is 24.7 Å². The van der Waals surface area contributed by atoms with Gasteiger partial charge < -0.3 is 14.7 Å². The second-order valence-corrected chi connectivity index (χ2v) is 10.2. The van der Waals surface area contributed by atoms with E-state index in [-0.39, 0.29) is 16.7 Å². The smallest absolute Gasteiger partial charge is 0.368 e. The highest BCUT2D eigenvalue weighted by Crippen LogP contribution is 2.43. The molecule has 3 rings (SSSR count). The van der Waals surface area contributed by atoms with Gasteiger partial charge in [0.05, 0.1) is 10.6 Å². The lowest BCUT2D eigenvalue weighted by Gasteiger charge is -2.29. The van der Waals surface area contributed by atoms with E-state index < -0.39 is 21.8 Å². The Hall–Kier alpha value is -2.82. The number of para-hydroxylation sites is 1. The Labute approximate surface area is 197 Å². The van der Waals surface area contributed by atoms with E-state index in [2.05, 4.69) is 6.58 Å². The molecule has 1 aliphatic rings. The van der Waals surface area contributed by atoms with Crippen molar-refractivity contribution in [3.8, 4) is 5.75 Å². The molecule has 0 aliphatic carbocycles.